The van der Waals surface area contributed by atoms with Crippen LogP contribution in [0.15, 0.2) is 18.2 Å². The predicted octanol–water partition coefficient (Wildman–Crippen LogP) is 5.34. The van der Waals surface area contributed by atoms with Gasteiger partial charge in [-0.05, 0) is 64.2 Å². The molecule has 0 saturated carbocycles. The van der Waals surface area contributed by atoms with Crippen LogP contribution in [0.4, 0.5) is 4.79 Å². The number of carbonyl (C=O) groups excluding carboxylic acids is 3. The molecule has 0 bridgehead atoms. The third kappa shape index (κ3) is 11.4. The zero-order valence-electron chi connectivity index (χ0n) is 24.7. The van der Waals surface area contributed by atoms with Crippen LogP contribution in [0.2, 0.25) is 0 Å². The van der Waals surface area contributed by atoms with Crippen molar-refractivity contribution in [2.75, 3.05) is 19.7 Å². The second kappa shape index (κ2) is 17.1. The molecule has 0 fully saturated rings. The summed E-state index contributed by atoms with van der Waals surface area (Å²) < 4.78 is 5.32. The Kier molecular flexibility index (Phi) is 15.0. The number of nitrogens with zero attached hydrogens (tertiary/aromatic N) is 1. The Morgan fingerprint density at radius 2 is 1.53 bits per heavy atom. The van der Waals surface area contributed by atoms with Crippen molar-refractivity contribution in [3.63, 3.8) is 0 Å². The largest absolute Gasteiger partial charge is 0.444 e. The fourth-order valence-corrected chi connectivity index (χ4v) is 4.46. The Bertz CT molecular complexity index is 861. The summed E-state index contributed by atoms with van der Waals surface area (Å²) in [5.41, 5.74) is 1.83. The lowest BCUT2D eigenvalue weighted by Crippen LogP contribution is -2.54. The van der Waals surface area contributed by atoms with Crippen molar-refractivity contribution in [3.8, 4) is 0 Å². The van der Waals surface area contributed by atoms with Crippen LogP contribution < -0.4 is 10.6 Å². The normalized spacial score (nSPS) is 12.9. The number of nitrogens with one attached hydrogen (secondary N) is 2. The summed E-state index contributed by atoms with van der Waals surface area (Å²) in [7, 11) is 0. The molecule has 1 aromatic rings. The molecule has 3 amide bonds. The molecule has 0 aromatic heterocycles. The first-order valence-electron chi connectivity index (χ1n) is 14.2. The summed E-state index contributed by atoms with van der Waals surface area (Å²) in [6, 6.07) is 3.69. The first-order valence-corrected chi connectivity index (χ1v) is 14.2. The van der Waals surface area contributed by atoms with Crippen molar-refractivity contribution in [1.82, 2.24) is 15.5 Å². The molecule has 0 radical (unpaired) electrons. The van der Waals surface area contributed by atoms with E-state index in [1.165, 1.54) is 4.90 Å². The maximum Gasteiger partial charge on any atom is 0.408 e. The first kappa shape index (κ1) is 33.4. The molecule has 0 heterocycles. The minimum absolute atomic E-state index is 0.255. The van der Waals surface area contributed by atoms with Crippen molar-refractivity contribution >= 4 is 17.9 Å². The minimum Gasteiger partial charge on any atom is -0.444 e. The van der Waals surface area contributed by atoms with E-state index in [1.807, 2.05) is 32.0 Å². The van der Waals surface area contributed by atoms with Gasteiger partial charge in [0.05, 0.1) is 6.61 Å². The predicted molar refractivity (Wildman–Crippen MR) is 152 cm³/mol. The topological polar surface area (TPSA) is 108 Å². The molecule has 0 aliphatic heterocycles. The third-order valence-corrected chi connectivity index (χ3v) is 6.41. The maximum atomic E-state index is 13.9. The molecule has 0 aliphatic rings. The van der Waals surface area contributed by atoms with Crippen LogP contribution in [0.1, 0.15) is 109 Å². The number of alkyl carbamates (subject to hydrolysis) is 1. The van der Waals surface area contributed by atoms with Crippen molar-refractivity contribution in [2.45, 2.75) is 118 Å². The Morgan fingerprint density at radius 3 is 2.08 bits per heavy atom. The van der Waals surface area contributed by atoms with Crippen molar-refractivity contribution in [2.24, 2.45) is 0 Å². The number of aryl methyl sites for hydroxylation is 2. The van der Waals surface area contributed by atoms with Crippen molar-refractivity contribution in [3.05, 3.63) is 34.9 Å². The molecule has 8 heteroatoms. The number of hydrogen-bond acceptors (Lipinski definition) is 5. The maximum absolute atomic E-state index is 13.9. The van der Waals surface area contributed by atoms with Crippen LogP contribution in [-0.2, 0) is 14.3 Å². The standard InChI is InChI=1S/C30H51N3O5/c1-8-10-12-13-15-20-33(28(36)24(21-34)32-29(37)38-30(5,6)7)26(27(35)31-19-14-11-9-2)25-22(3)17-16-18-23(25)4/h16-18,24,26,34H,8-15,19-21H2,1-7H3,(H,31,35)(H,32,37). The van der Waals surface area contributed by atoms with Crippen LogP contribution in [0, 0.1) is 13.8 Å². The van der Waals surface area contributed by atoms with E-state index >= 15 is 0 Å². The number of unbranched alkanes of at least 4 members (excludes halogenated alkanes) is 6. The van der Waals surface area contributed by atoms with Crippen LogP contribution in [0.25, 0.3) is 0 Å². The van der Waals surface area contributed by atoms with Gasteiger partial charge in [0, 0.05) is 13.1 Å². The lowest BCUT2D eigenvalue weighted by atomic mass is 9.93. The zero-order chi connectivity index (χ0) is 28.7. The lowest BCUT2D eigenvalue weighted by molar-refractivity contribution is -0.143. The molecular weight excluding hydrogens is 482 g/mol. The SMILES string of the molecule is CCCCCCCN(C(=O)C(CO)NC(=O)OC(C)(C)C)C(C(=O)NCCCCC)c1c(C)cccc1C. The highest BCUT2D eigenvalue weighted by Gasteiger charge is 2.37. The molecule has 8 nitrogen and oxygen atoms in total. The number of carbonyl (C=O) groups is 3. The van der Waals surface area contributed by atoms with Gasteiger partial charge in [0.1, 0.15) is 17.7 Å². The summed E-state index contributed by atoms with van der Waals surface area (Å²) in [6.45, 7) is 13.5. The summed E-state index contributed by atoms with van der Waals surface area (Å²) in [4.78, 5) is 41.7. The zero-order valence-corrected chi connectivity index (χ0v) is 24.7. The van der Waals surface area contributed by atoms with Crippen LogP contribution in [0.3, 0.4) is 0 Å². The Hall–Kier alpha value is -2.61. The lowest BCUT2D eigenvalue weighted by Gasteiger charge is -2.35. The van der Waals surface area contributed by atoms with Gasteiger partial charge in [0.25, 0.3) is 0 Å². The van der Waals surface area contributed by atoms with Crippen molar-refractivity contribution < 1.29 is 24.2 Å². The molecule has 0 aliphatic carbocycles. The monoisotopic (exact) mass is 533 g/mol. The van der Waals surface area contributed by atoms with Crippen LogP contribution in [0.5, 0.6) is 0 Å². The van der Waals surface area contributed by atoms with Crippen LogP contribution in [-0.4, -0.2) is 59.3 Å². The van der Waals surface area contributed by atoms with Gasteiger partial charge >= 0.3 is 6.09 Å². The quantitative estimate of drug-likeness (QED) is 0.249. The van der Waals surface area contributed by atoms with Gasteiger partial charge in [0.15, 0.2) is 0 Å². The van der Waals surface area contributed by atoms with Gasteiger partial charge in [-0.15, -0.1) is 0 Å². The second-order valence-corrected chi connectivity index (χ2v) is 11.0. The van der Waals surface area contributed by atoms with E-state index in [-0.39, 0.29) is 5.91 Å². The third-order valence-electron chi connectivity index (χ3n) is 6.41. The van der Waals surface area contributed by atoms with E-state index in [0.29, 0.717) is 19.5 Å². The number of rotatable bonds is 16. The van der Waals surface area contributed by atoms with Crippen molar-refractivity contribution in [1.29, 1.82) is 0 Å². The first-order chi connectivity index (χ1) is 18.0. The average Bonchev–Trinajstić information content (AvgIpc) is 2.84. The van der Waals surface area contributed by atoms with E-state index in [4.69, 9.17) is 4.74 Å². The smallest absolute Gasteiger partial charge is 0.408 e. The molecule has 1 aromatic carbocycles. The van der Waals surface area contributed by atoms with E-state index < -0.39 is 36.3 Å². The molecule has 38 heavy (non-hydrogen) atoms. The number of benzene rings is 1. The molecule has 1 rings (SSSR count). The molecule has 0 saturated heterocycles. The highest BCUT2D eigenvalue weighted by Crippen LogP contribution is 2.29. The van der Waals surface area contributed by atoms with E-state index in [9.17, 15) is 19.5 Å². The highest BCUT2D eigenvalue weighted by atomic mass is 16.6. The number of ether oxygens (including phenoxy) is 1. The Labute approximate surface area is 229 Å². The number of aliphatic hydroxyl groups excluding tert-OH is 1. The highest BCUT2D eigenvalue weighted by molar-refractivity contribution is 5.92. The summed E-state index contributed by atoms with van der Waals surface area (Å²) >= 11 is 0. The molecule has 3 N–H and O–H groups in total. The molecule has 216 valence electrons. The summed E-state index contributed by atoms with van der Waals surface area (Å²) in [5, 5.41) is 15.7. The van der Waals surface area contributed by atoms with Crippen LogP contribution >= 0.6 is 0 Å². The number of amides is 3. The fraction of sp³-hybridized carbons (Fsp3) is 0.700. The van der Waals surface area contributed by atoms with Gasteiger partial charge < -0.3 is 25.4 Å². The summed E-state index contributed by atoms with van der Waals surface area (Å²) in [6.07, 6.45) is 6.96. The number of aliphatic hydroxyl groups is 1. The minimum atomic E-state index is -1.24. The van der Waals surface area contributed by atoms with Gasteiger partial charge in [0.2, 0.25) is 11.8 Å². The van der Waals surface area contributed by atoms with E-state index in [1.54, 1.807) is 20.8 Å². The van der Waals surface area contributed by atoms with Gasteiger partial charge in [-0.1, -0.05) is 70.6 Å². The Morgan fingerprint density at radius 1 is 0.947 bits per heavy atom. The van der Waals surface area contributed by atoms with E-state index in [0.717, 1.165) is 61.6 Å². The number of hydrogen-bond donors (Lipinski definition) is 3. The second-order valence-electron chi connectivity index (χ2n) is 11.0. The molecule has 2 atom stereocenters. The molecule has 2 unspecified atom stereocenters. The van der Waals surface area contributed by atoms with Gasteiger partial charge in [-0.3, -0.25) is 9.59 Å². The van der Waals surface area contributed by atoms with E-state index in [2.05, 4.69) is 24.5 Å². The summed E-state index contributed by atoms with van der Waals surface area (Å²) in [5.74, 6) is -0.764. The van der Waals surface area contributed by atoms with Gasteiger partial charge in [-0.25, -0.2) is 4.79 Å². The fourth-order valence-electron chi connectivity index (χ4n) is 4.46. The molecular formula is C30H51N3O5. The average molecular weight is 534 g/mol. The molecule has 0 spiro atoms. The van der Waals surface area contributed by atoms with Gasteiger partial charge in [-0.2, -0.15) is 0 Å². The Balaban J connectivity index is 3.41.